The Labute approximate surface area is 167 Å². The summed E-state index contributed by atoms with van der Waals surface area (Å²) in [6, 6.07) is 0. The Bertz CT molecular complexity index is 626. The highest BCUT2D eigenvalue weighted by atomic mass is 19.1. The molecule has 11 atom stereocenters. The van der Waals surface area contributed by atoms with Gasteiger partial charge < -0.3 is 15.3 Å². The number of ketones is 1. The van der Waals surface area contributed by atoms with Crippen LogP contribution in [-0.2, 0) is 4.79 Å². The number of aliphatic hydroxyl groups excluding tert-OH is 3. The molecule has 0 aliphatic heterocycles. The number of rotatable bonds is 3. The third kappa shape index (κ3) is 2.75. The molecule has 5 heteroatoms. The van der Waals surface area contributed by atoms with Gasteiger partial charge in [-0.15, -0.1) is 0 Å². The summed E-state index contributed by atoms with van der Waals surface area (Å²) in [6.45, 7) is 6.25. The van der Waals surface area contributed by atoms with Crippen LogP contribution in [0.2, 0.25) is 0 Å². The Morgan fingerprint density at radius 1 is 1.11 bits per heavy atom. The van der Waals surface area contributed by atoms with Crippen LogP contribution in [0.15, 0.2) is 0 Å². The van der Waals surface area contributed by atoms with E-state index < -0.39 is 18.4 Å². The van der Waals surface area contributed by atoms with Gasteiger partial charge in [-0.1, -0.05) is 20.8 Å². The number of alkyl halides is 1. The summed E-state index contributed by atoms with van der Waals surface area (Å²) in [5.41, 5.74) is -0.225. The molecule has 0 saturated heterocycles. The van der Waals surface area contributed by atoms with E-state index in [2.05, 4.69) is 13.8 Å². The Morgan fingerprint density at radius 2 is 1.75 bits per heavy atom. The number of fused-ring (bicyclic) bond motifs is 5. The molecular weight excluding hydrogens is 359 g/mol. The molecule has 28 heavy (non-hydrogen) atoms. The normalized spacial score (nSPS) is 53.1. The molecule has 0 aromatic heterocycles. The largest absolute Gasteiger partial charge is 0.394 e. The molecule has 0 amide bonds. The van der Waals surface area contributed by atoms with Gasteiger partial charge in [0.1, 0.15) is 12.3 Å². The number of Topliss-reactive ketones (excluding diaryl/α,β-unsaturated/α-hetero) is 1. The highest BCUT2D eigenvalue weighted by molar-refractivity contribution is 5.87. The zero-order valence-electron chi connectivity index (χ0n) is 17.5. The molecule has 4 rings (SSSR count). The summed E-state index contributed by atoms with van der Waals surface area (Å²) in [4.78, 5) is 13.1. The molecule has 4 aliphatic rings. The van der Waals surface area contributed by atoms with Crippen molar-refractivity contribution in [3.63, 3.8) is 0 Å². The molecule has 4 nitrogen and oxygen atoms in total. The second-order valence-corrected chi connectivity index (χ2v) is 10.9. The Kier molecular flexibility index (Phi) is 5.20. The van der Waals surface area contributed by atoms with E-state index in [0.29, 0.717) is 6.42 Å². The first-order valence-corrected chi connectivity index (χ1v) is 11.3. The summed E-state index contributed by atoms with van der Waals surface area (Å²) >= 11 is 0. The average Bonchev–Trinajstić information content (AvgIpc) is 3.03. The number of halogens is 1. The lowest BCUT2D eigenvalue weighted by molar-refractivity contribution is -0.183. The number of carbonyl (C=O) groups is 1. The minimum absolute atomic E-state index is 0.00158. The maximum absolute atomic E-state index is 14.1. The van der Waals surface area contributed by atoms with Crippen LogP contribution in [0, 0.1) is 46.3 Å². The SMILES string of the molecule is C[C@H]([C@H](O)CO)[C@H]1CC[C@H]2[C@@H]3[C@H](O)C(=O)[C@H]4C[C@@H](F)CC[C@]4(C)[C@H]3CC[C@]12C. The highest BCUT2D eigenvalue weighted by Crippen LogP contribution is 2.67. The van der Waals surface area contributed by atoms with Crippen LogP contribution in [0.1, 0.15) is 65.7 Å². The predicted molar refractivity (Wildman–Crippen MR) is 104 cm³/mol. The van der Waals surface area contributed by atoms with Crippen molar-refractivity contribution in [2.24, 2.45) is 46.3 Å². The summed E-state index contributed by atoms with van der Waals surface area (Å²) in [5, 5.41) is 30.8. The maximum atomic E-state index is 14.1. The molecule has 4 saturated carbocycles. The van der Waals surface area contributed by atoms with Gasteiger partial charge in [-0.2, -0.15) is 0 Å². The van der Waals surface area contributed by atoms with Gasteiger partial charge in [-0.25, -0.2) is 4.39 Å². The lowest BCUT2D eigenvalue weighted by Gasteiger charge is -2.61. The van der Waals surface area contributed by atoms with Crippen LogP contribution in [-0.4, -0.2) is 46.1 Å². The molecule has 0 heterocycles. The van der Waals surface area contributed by atoms with Crippen molar-refractivity contribution in [3.05, 3.63) is 0 Å². The second-order valence-electron chi connectivity index (χ2n) is 10.9. The molecule has 4 fully saturated rings. The summed E-state index contributed by atoms with van der Waals surface area (Å²) in [5.74, 6) is 0.295. The summed E-state index contributed by atoms with van der Waals surface area (Å²) < 4.78 is 14.1. The number of carbonyl (C=O) groups excluding carboxylic acids is 1. The first-order chi connectivity index (χ1) is 13.1. The van der Waals surface area contributed by atoms with Crippen LogP contribution >= 0.6 is 0 Å². The Morgan fingerprint density at radius 3 is 2.43 bits per heavy atom. The van der Waals surface area contributed by atoms with Gasteiger partial charge in [-0.3, -0.25) is 4.79 Å². The molecule has 160 valence electrons. The van der Waals surface area contributed by atoms with E-state index in [-0.39, 0.29) is 65.1 Å². The van der Waals surface area contributed by atoms with Crippen LogP contribution in [0.4, 0.5) is 4.39 Å². The standard InChI is InChI=1S/C23H37FO4/c1-12(18(26)11-25)14-4-5-15-19-16(7-9-22(14,15)2)23(3)8-6-13(24)10-17(23)20(27)21(19)28/h12-19,21,25-26,28H,4-11H2,1-3H3/t12-,13-,14+,15-,16-,17+,18+,19-,21-,22+,23+/m0/s1. The monoisotopic (exact) mass is 396 g/mol. The zero-order chi connectivity index (χ0) is 20.4. The van der Waals surface area contributed by atoms with Crippen molar-refractivity contribution < 1.29 is 24.5 Å². The van der Waals surface area contributed by atoms with Crippen molar-refractivity contribution in [3.8, 4) is 0 Å². The molecule has 0 unspecified atom stereocenters. The lowest BCUT2D eigenvalue weighted by Crippen LogP contribution is -2.62. The van der Waals surface area contributed by atoms with E-state index >= 15 is 0 Å². The van der Waals surface area contributed by atoms with Crippen LogP contribution in [0.3, 0.4) is 0 Å². The first kappa shape index (κ1) is 20.7. The van der Waals surface area contributed by atoms with E-state index in [1.54, 1.807) is 0 Å². The predicted octanol–water partition coefficient (Wildman–Crippen LogP) is 3.12. The molecular formula is C23H37FO4. The molecule has 0 aromatic rings. The maximum Gasteiger partial charge on any atom is 0.165 e. The van der Waals surface area contributed by atoms with Crippen LogP contribution in [0.5, 0.6) is 0 Å². The fourth-order valence-electron chi connectivity index (χ4n) is 8.31. The molecule has 3 N–H and O–H groups in total. The number of hydrogen-bond acceptors (Lipinski definition) is 4. The minimum Gasteiger partial charge on any atom is -0.394 e. The third-order valence-electron chi connectivity index (χ3n) is 9.97. The van der Waals surface area contributed by atoms with Crippen molar-refractivity contribution in [2.75, 3.05) is 6.61 Å². The zero-order valence-corrected chi connectivity index (χ0v) is 17.5. The van der Waals surface area contributed by atoms with Gasteiger partial charge in [-0.05, 0) is 85.4 Å². The number of aliphatic hydroxyl groups is 3. The second kappa shape index (κ2) is 7.02. The topological polar surface area (TPSA) is 77.8 Å². The van der Waals surface area contributed by atoms with Crippen LogP contribution < -0.4 is 0 Å². The fraction of sp³-hybridized carbons (Fsp3) is 0.957. The quantitative estimate of drug-likeness (QED) is 0.685. The fourth-order valence-corrected chi connectivity index (χ4v) is 8.31. The number of hydrogen-bond donors (Lipinski definition) is 3. The first-order valence-electron chi connectivity index (χ1n) is 11.3. The van der Waals surface area contributed by atoms with E-state index in [4.69, 9.17) is 0 Å². The Balaban J connectivity index is 1.66. The van der Waals surface area contributed by atoms with Gasteiger partial charge in [0.25, 0.3) is 0 Å². The van der Waals surface area contributed by atoms with Gasteiger partial charge in [0.2, 0.25) is 0 Å². The van der Waals surface area contributed by atoms with Crippen LogP contribution in [0.25, 0.3) is 0 Å². The molecule has 0 aromatic carbocycles. The van der Waals surface area contributed by atoms with Crippen molar-refractivity contribution >= 4 is 5.78 Å². The van der Waals surface area contributed by atoms with Crippen molar-refractivity contribution in [1.29, 1.82) is 0 Å². The molecule has 0 radical (unpaired) electrons. The Hall–Kier alpha value is -0.520. The molecule has 0 bridgehead atoms. The van der Waals surface area contributed by atoms with Gasteiger partial charge in [0.05, 0.1) is 12.7 Å². The van der Waals surface area contributed by atoms with E-state index in [1.165, 1.54) is 0 Å². The lowest BCUT2D eigenvalue weighted by atomic mass is 9.43. The van der Waals surface area contributed by atoms with Gasteiger partial charge in [0, 0.05) is 5.92 Å². The van der Waals surface area contributed by atoms with Gasteiger partial charge in [0.15, 0.2) is 5.78 Å². The van der Waals surface area contributed by atoms with Crippen molar-refractivity contribution in [1.82, 2.24) is 0 Å². The highest BCUT2D eigenvalue weighted by Gasteiger charge is 2.65. The minimum atomic E-state index is -0.977. The summed E-state index contributed by atoms with van der Waals surface area (Å²) in [7, 11) is 0. The van der Waals surface area contributed by atoms with E-state index in [1.807, 2.05) is 6.92 Å². The smallest absolute Gasteiger partial charge is 0.165 e. The van der Waals surface area contributed by atoms with Crippen molar-refractivity contribution in [2.45, 2.75) is 84.1 Å². The van der Waals surface area contributed by atoms with E-state index in [9.17, 15) is 24.5 Å². The third-order valence-corrected chi connectivity index (χ3v) is 9.97. The molecule has 0 spiro atoms. The van der Waals surface area contributed by atoms with Gasteiger partial charge >= 0.3 is 0 Å². The molecule has 4 aliphatic carbocycles. The summed E-state index contributed by atoms with van der Waals surface area (Å²) in [6.07, 6.45) is 2.84. The van der Waals surface area contributed by atoms with E-state index in [0.717, 1.165) is 32.1 Å². The average molecular weight is 397 g/mol.